The van der Waals surface area contributed by atoms with Gasteiger partial charge in [0.1, 0.15) is 11.9 Å². The van der Waals surface area contributed by atoms with Crippen LogP contribution in [0.2, 0.25) is 0 Å². The standard InChI is InChI=1S/C23H28N4O3/c1-14-7-5-6-8-19(14)27-20(9-11-25-27)22-18(10-12-29-22)23(28)24-13-15(2)21-16(3)26-30-17(21)4/h5-9,11,15,18,22H,10,12-13H2,1-4H3,(H,24,28)/t15-,18-,22-/m0/s1. The molecule has 7 heteroatoms. The van der Waals surface area contributed by atoms with Gasteiger partial charge in [-0.3, -0.25) is 4.79 Å². The highest BCUT2D eigenvalue weighted by Gasteiger charge is 2.37. The number of ether oxygens (including phenoxy) is 1. The summed E-state index contributed by atoms with van der Waals surface area (Å²) in [5.41, 5.74) is 4.96. The van der Waals surface area contributed by atoms with Crippen molar-refractivity contribution in [3.8, 4) is 5.69 Å². The molecule has 7 nitrogen and oxygen atoms in total. The quantitative estimate of drug-likeness (QED) is 0.671. The molecule has 3 atom stereocenters. The van der Waals surface area contributed by atoms with E-state index in [1.807, 2.05) is 42.8 Å². The first-order valence-corrected chi connectivity index (χ1v) is 10.4. The fourth-order valence-electron chi connectivity index (χ4n) is 4.36. The van der Waals surface area contributed by atoms with Crippen LogP contribution < -0.4 is 5.32 Å². The van der Waals surface area contributed by atoms with Gasteiger partial charge >= 0.3 is 0 Å². The number of aryl methyl sites for hydroxylation is 3. The second kappa shape index (κ2) is 8.44. The number of carbonyl (C=O) groups is 1. The molecule has 30 heavy (non-hydrogen) atoms. The third kappa shape index (κ3) is 3.77. The molecule has 0 radical (unpaired) electrons. The summed E-state index contributed by atoms with van der Waals surface area (Å²) in [6, 6.07) is 10.0. The van der Waals surface area contributed by atoms with Crippen LogP contribution in [-0.4, -0.2) is 34.0 Å². The summed E-state index contributed by atoms with van der Waals surface area (Å²) in [5.74, 6) is 0.687. The molecule has 1 fully saturated rings. The molecule has 3 heterocycles. The van der Waals surface area contributed by atoms with E-state index in [2.05, 4.69) is 35.5 Å². The topological polar surface area (TPSA) is 82.2 Å². The first kappa shape index (κ1) is 20.3. The molecule has 3 aromatic rings. The van der Waals surface area contributed by atoms with Gasteiger partial charge in [-0.1, -0.05) is 30.3 Å². The third-order valence-corrected chi connectivity index (χ3v) is 5.90. The first-order chi connectivity index (χ1) is 14.5. The molecule has 1 aliphatic rings. The monoisotopic (exact) mass is 408 g/mol. The molecule has 0 bridgehead atoms. The summed E-state index contributed by atoms with van der Waals surface area (Å²) in [6.07, 6.45) is 2.13. The summed E-state index contributed by atoms with van der Waals surface area (Å²) < 4.78 is 13.2. The number of rotatable bonds is 6. The number of hydrogen-bond acceptors (Lipinski definition) is 5. The minimum Gasteiger partial charge on any atom is -0.371 e. The van der Waals surface area contributed by atoms with Crippen molar-refractivity contribution in [1.29, 1.82) is 0 Å². The van der Waals surface area contributed by atoms with E-state index in [1.54, 1.807) is 6.20 Å². The van der Waals surface area contributed by atoms with Crippen LogP contribution in [0.25, 0.3) is 5.69 Å². The van der Waals surface area contributed by atoms with Gasteiger partial charge in [-0.05, 0) is 44.9 Å². The lowest BCUT2D eigenvalue weighted by Gasteiger charge is -2.21. The zero-order valence-electron chi connectivity index (χ0n) is 17.9. The number of para-hydroxylation sites is 1. The second-order valence-corrected chi connectivity index (χ2v) is 8.02. The van der Waals surface area contributed by atoms with Crippen molar-refractivity contribution in [3.63, 3.8) is 0 Å². The average molecular weight is 409 g/mol. The number of aromatic nitrogens is 3. The minimum atomic E-state index is -0.318. The Kier molecular flexibility index (Phi) is 5.72. The predicted molar refractivity (Wildman–Crippen MR) is 113 cm³/mol. The van der Waals surface area contributed by atoms with E-state index in [1.165, 1.54) is 0 Å². The average Bonchev–Trinajstić information content (AvgIpc) is 3.46. The summed E-state index contributed by atoms with van der Waals surface area (Å²) in [6.45, 7) is 9.04. The Hall–Kier alpha value is -2.93. The molecule has 0 aliphatic carbocycles. The van der Waals surface area contributed by atoms with Crippen LogP contribution in [0.1, 0.15) is 53.6 Å². The molecule has 1 N–H and O–H groups in total. The van der Waals surface area contributed by atoms with Crippen LogP contribution >= 0.6 is 0 Å². The molecule has 4 rings (SSSR count). The largest absolute Gasteiger partial charge is 0.371 e. The summed E-state index contributed by atoms with van der Waals surface area (Å²) in [4.78, 5) is 13.0. The van der Waals surface area contributed by atoms with E-state index in [4.69, 9.17) is 9.26 Å². The van der Waals surface area contributed by atoms with Crippen molar-refractivity contribution in [2.45, 2.75) is 46.1 Å². The summed E-state index contributed by atoms with van der Waals surface area (Å²) in [7, 11) is 0. The predicted octanol–water partition coefficient (Wildman–Crippen LogP) is 3.78. The first-order valence-electron chi connectivity index (χ1n) is 10.4. The zero-order valence-corrected chi connectivity index (χ0v) is 17.9. The summed E-state index contributed by atoms with van der Waals surface area (Å²) >= 11 is 0. The van der Waals surface area contributed by atoms with E-state index in [9.17, 15) is 4.79 Å². The Morgan fingerprint density at radius 1 is 1.27 bits per heavy atom. The molecule has 158 valence electrons. The molecule has 1 saturated heterocycles. The van der Waals surface area contributed by atoms with Gasteiger partial charge in [-0.15, -0.1) is 0 Å². The highest BCUT2D eigenvalue weighted by Crippen LogP contribution is 2.36. The van der Waals surface area contributed by atoms with Crippen molar-refractivity contribution < 1.29 is 14.1 Å². The van der Waals surface area contributed by atoms with Gasteiger partial charge in [0, 0.05) is 30.8 Å². The van der Waals surface area contributed by atoms with Crippen LogP contribution in [0.4, 0.5) is 0 Å². The second-order valence-electron chi connectivity index (χ2n) is 8.02. The highest BCUT2D eigenvalue weighted by molar-refractivity contribution is 5.79. The Balaban J connectivity index is 1.49. The molecule has 0 unspecified atom stereocenters. The van der Waals surface area contributed by atoms with Crippen molar-refractivity contribution in [2.75, 3.05) is 13.2 Å². The van der Waals surface area contributed by atoms with Gasteiger partial charge in [-0.2, -0.15) is 5.10 Å². The van der Waals surface area contributed by atoms with Crippen LogP contribution in [0.5, 0.6) is 0 Å². The Morgan fingerprint density at radius 3 is 2.80 bits per heavy atom. The molecule has 0 spiro atoms. The Morgan fingerprint density at radius 2 is 2.07 bits per heavy atom. The lowest BCUT2D eigenvalue weighted by Crippen LogP contribution is -2.35. The van der Waals surface area contributed by atoms with E-state index in [0.717, 1.165) is 34.0 Å². The van der Waals surface area contributed by atoms with Gasteiger partial charge < -0.3 is 14.6 Å². The normalized spacial score (nSPS) is 19.7. The molecule has 1 aromatic carbocycles. The van der Waals surface area contributed by atoms with Crippen molar-refractivity contribution in [2.24, 2.45) is 5.92 Å². The van der Waals surface area contributed by atoms with E-state index >= 15 is 0 Å². The van der Waals surface area contributed by atoms with Crippen LogP contribution in [0.15, 0.2) is 41.1 Å². The maximum atomic E-state index is 13.0. The fourth-order valence-corrected chi connectivity index (χ4v) is 4.36. The number of carbonyl (C=O) groups excluding carboxylic acids is 1. The van der Waals surface area contributed by atoms with E-state index < -0.39 is 0 Å². The van der Waals surface area contributed by atoms with Crippen molar-refractivity contribution in [1.82, 2.24) is 20.3 Å². The van der Waals surface area contributed by atoms with Crippen molar-refractivity contribution in [3.05, 3.63) is 64.8 Å². The summed E-state index contributed by atoms with van der Waals surface area (Å²) in [5, 5.41) is 11.6. The number of nitrogens with zero attached hydrogens (tertiary/aromatic N) is 3. The smallest absolute Gasteiger partial charge is 0.226 e. The van der Waals surface area contributed by atoms with E-state index in [-0.39, 0.29) is 23.8 Å². The molecule has 2 aromatic heterocycles. The Bertz CT molecular complexity index is 1020. The number of benzene rings is 1. The zero-order chi connectivity index (χ0) is 21.3. The molecular formula is C23H28N4O3. The van der Waals surface area contributed by atoms with E-state index in [0.29, 0.717) is 19.6 Å². The lowest BCUT2D eigenvalue weighted by atomic mass is 9.96. The van der Waals surface area contributed by atoms with Gasteiger partial charge in [-0.25, -0.2) is 4.68 Å². The highest BCUT2D eigenvalue weighted by atomic mass is 16.5. The molecule has 1 aliphatic heterocycles. The Labute approximate surface area is 176 Å². The number of hydrogen-bond donors (Lipinski definition) is 1. The van der Waals surface area contributed by atoms with Crippen LogP contribution in [-0.2, 0) is 9.53 Å². The third-order valence-electron chi connectivity index (χ3n) is 5.90. The number of amides is 1. The number of nitrogens with one attached hydrogen (secondary N) is 1. The lowest BCUT2D eigenvalue weighted by molar-refractivity contribution is -0.126. The molecule has 1 amide bonds. The molecule has 0 saturated carbocycles. The van der Waals surface area contributed by atoms with Gasteiger partial charge in [0.25, 0.3) is 0 Å². The minimum absolute atomic E-state index is 0.00800. The van der Waals surface area contributed by atoms with Crippen molar-refractivity contribution >= 4 is 5.91 Å². The molecular weight excluding hydrogens is 380 g/mol. The maximum Gasteiger partial charge on any atom is 0.226 e. The van der Waals surface area contributed by atoms with Crippen LogP contribution in [0, 0.1) is 26.7 Å². The fraction of sp³-hybridized carbons (Fsp3) is 0.435. The van der Waals surface area contributed by atoms with Gasteiger partial charge in [0.2, 0.25) is 5.91 Å². The van der Waals surface area contributed by atoms with Gasteiger partial charge in [0.05, 0.1) is 23.0 Å². The SMILES string of the molecule is Cc1ccccc1-n1nccc1[C@H]1OCC[C@@H]1C(=O)NC[C@H](C)c1c(C)noc1C. The maximum absolute atomic E-state index is 13.0. The van der Waals surface area contributed by atoms with Crippen LogP contribution in [0.3, 0.4) is 0 Å². The van der Waals surface area contributed by atoms with Gasteiger partial charge in [0.15, 0.2) is 0 Å².